The number of hydrogen-bond donors (Lipinski definition) is 1. The fraction of sp³-hybridized carbons (Fsp3) is 0.250. The molecule has 0 aliphatic rings. The van der Waals surface area contributed by atoms with Gasteiger partial charge in [0.2, 0.25) is 0 Å². The fourth-order valence-electron chi connectivity index (χ4n) is 2.75. The molecule has 0 saturated heterocycles. The van der Waals surface area contributed by atoms with Gasteiger partial charge in [0.1, 0.15) is 5.52 Å². The summed E-state index contributed by atoms with van der Waals surface area (Å²) in [5, 5.41) is 0. The molecule has 0 radical (unpaired) electrons. The van der Waals surface area contributed by atoms with Crippen LogP contribution in [-0.4, -0.2) is 22.5 Å². The average molecular weight is 382 g/mol. The van der Waals surface area contributed by atoms with Crippen LogP contribution in [0.15, 0.2) is 44.8 Å². The average Bonchev–Trinajstić information content (AvgIpc) is 3.02. The van der Waals surface area contributed by atoms with Gasteiger partial charge in [-0.25, -0.2) is 13.2 Å². The van der Waals surface area contributed by atoms with E-state index in [9.17, 15) is 18.0 Å². The van der Waals surface area contributed by atoms with Crippen LogP contribution in [0.3, 0.4) is 0 Å². The number of aromatic amines is 1. The van der Waals surface area contributed by atoms with Crippen molar-refractivity contribution in [1.82, 2.24) is 14.1 Å². The summed E-state index contributed by atoms with van der Waals surface area (Å²) in [7, 11) is 3.12. The molecule has 3 rings (SSSR count). The minimum Gasteiger partial charge on any atom is -0.349 e. The molecule has 0 spiro atoms. The molecule has 2 aromatic heterocycles. The summed E-state index contributed by atoms with van der Waals surface area (Å²) in [6.07, 6.45) is 0.669. The zero-order valence-corrected chi connectivity index (χ0v) is 15.2. The lowest BCUT2D eigenvalue weighted by molar-refractivity contribution is 0.594. The summed E-state index contributed by atoms with van der Waals surface area (Å²) in [6.45, 7) is 2.24. The number of nitrogens with one attached hydrogen (secondary N) is 1. The number of nitrogens with zero attached hydrogens (tertiary/aromatic N) is 2. The Morgan fingerprint density at radius 3 is 2.36 bits per heavy atom. The van der Waals surface area contributed by atoms with Crippen LogP contribution in [-0.2, 0) is 22.6 Å². The van der Waals surface area contributed by atoms with Crippen LogP contribution in [0.4, 0.5) is 0 Å². The van der Waals surface area contributed by atoms with Gasteiger partial charge in [-0.05, 0) is 30.2 Å². The van der Waals surface area contributed by atoms with E-state index < -0.39 is 9.05 Å². The van der Waals surface area contributed by atoms with Gasteiger partial charge in [-0.1, -0.05) is 19.1 Å². The normalized spacial score (nSPS) is 12.0. The van der Waals surface area contributed by atoms with Crippen LogP contribution >= 0.6 is 10.7 Å². The summed E-state index contributed by atoms with van der Waals surface area (Å²) in [4.78, 5) is 27.9. The third-order valence-corrected chi connectivity index (χ3v) is 5.40. The summed E-state index contributed by atoms with van der Waals surface area (Å²) < 4.78 is 25.3. The van der Waals surface area contributed by atoms with Crippen LogP contribution in [0, 0.1) is 0 Å². The molecule has 0 atom stereocenters. The van der Waals surface area contributed by atoms with Crippen LogP contribution in [0.25, 0.3) is 22.3 Å². The van der Waals surface area contributed by atoms with Gasteiger partial charge in [-0.3, -0.25) is 13.9 Å². The van der Waals surface area contributed by atoms with Crippen molar-refractivity contribution < 1.29 is 8.42 Å². The molecule has 0 saturated carbocycles. The van der Waals surface area contributed by atoms with Gasteiger partial charge in [0.15, 0.2) is 0 Å². The van der Waals surface area contributed by atoms with Crippen LogP contribution in [0.1, 0.15) is 13.3 Å². The fourth-order valence-corrected chi connectivity index (χ4v) is 3.52. The molecule has 1 N–H and O–H groups in total. The van der Waals surface area contributed by atoms with Crippen LogP contribution in [0.2, 0.25) is 0 Å². The first kappa shape index (κ1) is 17.5. The molecule has 0 amide bonds. The van der Waals surface area contributed by atoms with Crippen molar-refractivity contribution >= 4 is 30.8 Å². The monoisotopic (exact) mass is 381 g/mol. The first-order valence-corrected chi connectivity index (χ1v) is 9.92. The molecule has 0 aliphatic carbocycles. The highest BCUT2D eigenvalue weighted by Gasteiger charge is 2.15. The second kappa shape index (κ2) is 6.20. The van der Waals surface area contributed by atoms with E-state index in [1.165, 1.54) is 21.3 Å². The van der Waals surface area contributed by atoms with Crippen molar-refractivity contribution in [1.29, 1.82) is 0 Å². The Balaban J connectivity index is 2.20. The standard InChI is InChI=1S/C16H16ClN3O4S/c1-3-8-20-15(21)14-13(19(2)16(20)22)9-12(18-14)10-4-6-11(7-5-10)25(17,23)24/h4-7,9,18H,3,8H2,1-2H3. The van der Waals surface area contributed by atoms with Crippen molar-refractivity contribution in [2.75, 3.05) is 0 Å². The quantitative estimate of drug-likeness (QED) is 0.699. The van der Waals surface area contributed by atoms with Crippen molar-refractivity contribution in [3.8, 4) is 11.3 Å². The lowest BCUT2D eigenvalue weighted by Crippen LogP contribution is -2.38. The second-order valence-corrected chi connectivity index (χ2v) is 8.27. The SMILES string of the molecule is CCCn1c(=O)c2[nH]c(-c3ccc(S(=O)(=O)Cl)cc3)cc2n(C)c1=O. The summed E-state index contributed by atoms with van der Waals surface area (Å²) >= 11 is 0. The molecule has 1 aromatic carbocycles. The molecule has 0 fully saturated rings. The lowest BCUT2D eigenvalue weighted by Gasteiger charge is -2.06. The zero-order chi connectivity index (χ0) is 18.4. The smallest absolute Gasteiger partial charge is 0.331 e. The van der Waals surface area contributed by atoms with Crippen LogP contribution < -0.4 is 11.2 Å². The number of hydrogen-bond acceptors (Lipinski definition) is 4. The van der Waals surface area contributed by atoms with E-state index in [2.05, 4.69) is 4.98 Å². The van der Waals surface area contributed by atoms with Gasteiger partial charge in [0.05, 0.1) is 10.4 Å². The Labute approximate surface area is 147 Å². The molecule has 3 aromatic rings. The van der Waals surface area contributed by atoms with Crippen molar-refractivity contribution in [3.05, 3.63) is 51.2 Å². The Morgan fingerprint density at radius 1 is 1.16 bits per heavy atom. The molecule has 0 unspecified atom stereocenters. The number of halogens is 1. The molecule has 0 bridgehead atoms. The summed E-state index contributed by atoms with van der Waals surface area (Å²) in [5.74, 6) is 0. The maximum Gasteiger partial charge on any atom is 0.331 e. The maximum atomic E-state index is 12.5. The van der Waals surface area contributed by atoms with Crippen molar-refractivity contribution in [2.24, 2.45) is 7.05 Å². The van der Waals surface area contributed by atoms with E-state index >= 15 is 0 Å². The first-order chi connectivity index (χ1) is 11.7. The predicted molar refractivity (Wildman–Crippen MR) is 96.6 cm³/mol. The van der Waals surface area contributed by atoms with Gasteiger partial charge >= 0.3 is 5.69 Å². The van der Waals surface area contributed by atoms with Crippen LogP contribution in [0.5, 0.6) is 0 Å². The molecule has 25 heavy (non-hydrogen) atoms. The van der Waals surface area contributed by atoms with Gasteiger partial charge < -0.3 is 4.98 Å². The summed E-state index contributed by atoms with van der Waals surface area (Å²) in [5.41, 5.74) is 1.37. The third kappa shape index (κ3) is 3.03. The second-order valence-electron chi connectivity index (χ2n) is 5.70. The number of benzene rings is 1. The highest BCUT2D eigenvalue weighted by molar-refractivity contribution is 8.13. The van der Waals surface area contributed by atoms with E-state index in [-0.39, 0.29) is 16.1 Å². The number of H-pyrrole nitrogens is 1. The third-order valence-electron chi connectivity index (χ3n) is 4.03. The van der Waals surface area contributed by atoms with Gasteiger partial charge in [-0.15, -0.1) is 0 Å². The predicted octanol–water partition coefficient (Wildman–Crippen LogP) is 2.03. The van der Waals surface area contributed by atoms with Crippen molar-refractivity contribution in [2.45, 2.75) is 24.8 Å². The van der Waals surface area contributed by atoms with E-state index in [0.717, 1.165) is 0 Å². The van der Waals surface area contributed by atoms with E-state index in [0.29, 0.717) is 35.3 Å². The van der Waals surface area contributed by atoms with E-state index in [1.54, 1.807) is 25.2 Å². The van der Waals surface area contributed by atoms with E-state index in [4.69, 9.17) is 10.7 Å². The maximum absolute atomic E-state index is 12.5. The molecule has 0 aliphatic heterocycles. The number of aromatic nitrogens is 3. The number of fused-ring (bicyclic) bond motifs is 1. The van der Waals surface area contributed by atoms with Gasteiger partial charge in [0.25, 0.3) is 14.6 Å². The molecule has 7 nitrogen and oxygen atoms in total. The minimum atomic E-state index is -3.79. The Morgan fingerprint density at radius 2 is 1.80 bits per heavy atom. The minimum absolute atomic E-state index is 0.00766. The lowest BCUT2D eigenvalue weighted by atomic mass is 10.1. The summed E-state index contributed by atoms with van der Waals surface area (Å²) in [6, 6.07) is 7.64. The Hall–Kier alpha value is -2.32. The molecule has 2 heterocycles. The van der Waals surface area contributed by atoms with E-state index in [1.807, 2.05) is 6.92 Å². The highest BCUT2D eigenvalue weighted by Crippen LogP contribution is 2.24. The highest BCUT2D eigenvalue weighted by atomic mass is 35.7. The van der Waals surface area contributed by atoms with Gasteiger partial charge in [-0.2, -0.15) is 0 Å². The molecular weight excluding hydrogens is 366 g/mol. The first-order valence-electron chi connectivity index (χ1n) is 7.61. The molecule has 132 valence electrons. The van der Waals surface area contributed by atoms with Gasteiger partial charge in [0, 0.05) is 30.0 Å². The molecule has 9 heteroatoms. The number of rotatable bonds is 4. The number of aryl methyl sites for hydroxylation is 1. The largest absolute Gasteiger partial charge is 0.349 e. The van der Waals surface area contributed by atoms with Crippen molar-refractivity contribution in [3.63, 3.8) is 0 Å². The Kier molecular flexibility index (Phi) is 4.34. The zero-order valence-electron chi connectivity index (χ0n) is 13.6. The Bertz CT molecular complexity index is 1170. The molecular formula is C16H16ClN3O4S. The topological polar surface area (TPSA) is 93.9 Å².